The topological polar surface area (TPSA) is 20.2 Å². The van der Waals surface area contributed by atoms with Crippen molar-refractivity contribution in [2.45, 2.75) is 6.10 Å². The highest BCUT2D eigenvalue weighted by atomic mass is 35.5. The van der Waals surface area contributed by atoms with Gasteiger partial charge in [-0.3, -0.25) is 0 Å². The monoisotopic (exact) mass is 242 g/mol. The van der Waals surface area contributed by atoms with Gasteiger partial charge in [-0.05, 0) is 12.1 Å². The Labute approximate surface area is 90.0 Å². The second-order valence-corrected chi connectivity index (χ2v) is 3.58. The van der Waals surface area contributed by atoms with E-state index in [1.54, 1.807) is 0 Å². The molecule has 1 atom stereocenters. The van der Waals surface area contributed by atoms with Crippen molar-refractivity contribution in [3.63, 3.8) is 0 Å². The zero-order chi connectivity index (χ0) is 10.0. The second kappa shape index (κ2) is 4.47. The summed E-state index contributed by atoms with van der Waals surface area (Å²) in [5.74, 6) is -0.661. The highest BCUT2D eigenvalue weighted by Crippen LogP contribution is 2.29. The van der Waals surface area contributed by atoms with Crippen LogP contribution in [-0.2, 0) is 0 Å². The highest BCUT2D eigenvalue weighted by molar-refractivity contribution is 6.35. The minimum absolute atomic E-state index is 0.0409. The number of hydrogen-bond acceptors (Lipinski definition) is 1. The van der Waals surface area contributed by atoms with E-state index in [9.17, 15) is 9.50 Å². The van der Waals surface area contributed by atoms with Gasteiger partial charge in [0.25, 0.3) is 0 Å². The summed E-state index contributed by atoms with van der Waals surface area (Å²) in [4.78, 5) is 0. The number of aliphatic hydroxyl groups excluding tert-OH is 1. The maximum absolute atomic E-state index is 12.9. The summed E-state index contributed by atoms with van der Waals surface area (Å²) in [6.45, 7) is 0. The minimum Gasteiger partial charge on any atom is -0.387 e. The Bertz CT molecular complexity index is 317. The van der Waals surface area contributed by atoms with Gasteiger partial charge in [0.2, 0.25) is 0 Å². The van der Waals surface area contributed by atoms with Gasteiger partial charge in [-0.15, -0.1) is 11.6 Å². The van der Waals surface area contributed by atoms with Crippen molar-refractivity contribution >= 4 is 34.8 Å². The van der Waals surface area contributed by atoms with Gasteiger partial charge < -0.3 is 5.11 Å². The number of hydrogen-bond donors (Lipinski definition) is 1. The van der Waals surface area contributed by atoms with Crippen molar-refractivity contribution in [2.75, 3.05) is 5.88 Å². The smallest absolute Gasteiger partial charge is 0.142 e. The molecule has 0 radical (unpaired) electrons. The third-order valence-corrected chi connectivity index (χ3v) is 2.45. The van der Waals surface area contributed by atoms with E-state index >= 15 is 0 Å². The molecule has 0 fully saturated rings. The molecule has 0 aliphatic rings. The molecule has 0 spiro atoms. The summed E-state index contributed by atoms with van der Waals surface area (Å²) < 4.78 is 12.9. The van der Waals surface area contributed by atoms with Crippen molar-refractivity contribution in [1.82, 2.24) is 0 Å². The van der Waals surface area contributed by atoms with Crippen molar-refractivity contribution < 1.29 is 9.50 Å². The third kappa shape index (κ3) is 2.47. The molecule has 1 rings (SSSR count). The fraction of sp³-hybridized carbons (Fsp3) is 0.250. The lowest BCUT2D eigenvalue weighted by atomic mass is 10.1. The SMILES string of the molecule is O[C@@H](CCl)c1cc(F)c(Cl)cc1Cl. The van der Waals surface area contributed by atoms with E-state index in [2.05, 4.69) is 0 Å². The van der Waals surface area contributed by atoms with Crippen LogP contribution in [-0.4, -0.2) is 11.0 Å². The lowest BCUT2D eigenvalue weighted by molar-refractivity contribution is 0.202. The Hall–Kier alpha value is -0.0200. The van der Waals surface area contributed by atoms with E-state index in [1.807, 2.05) is 0 Å². The lowest BCUT2D eigenvalue weighted by Gasteiger charge is -2.09. The van der Waals surface area contributed by atoms with Crippen LogP contribution < -0.4 is 0 Å². The van der Waals surface area contributed by atoms with Gasteiger partial charge in [-0.25, -0.2) is 4.39 Å². The van der Waals surface area contributed by atoms with Gasteiger partial charge in [0.1, 0.15) is 5.82 Å². The Morgan fingerprint density at radius 3 is 2.46 bits per heavy atom. The average Bonchev–Trinajstić information content (AvgIpc) is 2.10. The molecular weight excluding hydrogens is 237 g/mol. The van der Waals surface area contributed by atoms with Crippen LogP contribution in [0.4, 0.5) is 4.39 Å². The van der Waals surface area contributed by atoms with E-state index in [-0.39, 0.29) is 21.5 Å². The zero-order valence-corrected chi connectivity index (χ0v) is 8.67. The predicted octanol–water partition coefficient (Wildman–Crippen LogP) is 3.40. The van der Waals surface area contributed by atoms with E-state index in [4.69, 9.17) is 34.8 Å². The molecule has 0 unspecified atom stereocenters. The molecule has 0 heterocycles. The standard InChI is InChI=1S/C8H6Cl3FO/c9-3-8(13)4-1-7(12)6(11)2-5(4)10/h1-2,8,13H,3H2/t8-/m0/s1. The third-order valence-electron chi connectivity index (χ3n) is 1.54. The summed E-state index contributed by atoms with van der Waals surface area (Å²) in [5.41, 5.74) is 0.249. The molecule has 1 N–H and O–H groups in total. The molecule has 0 saturated heterocycles. The van der Waals surface area contributed by atoms with E-state index in [0.29, 0.717) is 0 Å². The van der Waals surface area contributed by atoms with Crippen molar-refractivity contribution in [3.8, 4) is 0 Å². The number of benzene rings is 1. The number of halogens is 4. The van der Waals surface area contributed by atoms with E-state index < -0.39 is 11.9 Å². The Kier molecular flexibility index (Phi) is 3.80. The van der Waals surface area contributed by atoms with Crippen LogP contribution in [0.3, 0.4) is 0 Å². The largest absolute Gasteiger partial charge is 0.387 e. The first-order valence-corrected chi connectivity index (χ1v) is 4.73. The maximum Gasteiger partial charge on any atom is 0.142 e. The summed E-state index contributed by atoms with van der Waals surface area (Å²) in [5, 5.41) is 9.43. The quantitative estimate of drug-likeness (QED) is 0.623. The van der Waals surface area contributed by atoms with Gasteiger partial charge in [0.15, 0.2) is 0 Å². The fourth-order valence-electron chi connectivity index (χ4n) is 0.876. The summed E-state index contributed by atoms with van der Waals surface area (Å²) in [6, 6.07) is 2.32. The molecule has 0 aliphatic carbocycles. The molecule has 13 heavy (non-hydrogen) atoms. The summed E-state index contributed by atoms with van der Waals surface area (Å²) in [6.07, 6.45) is -0.971. The molecule has 0 aliphatic heterocycles. The normalized spacial score (nSPS) is 13.0. The van der Waals surface area contributed by atoms with Crippen LogP contribution in [0.1, 0.15) is 11.7 Å². The number of alkyl halides is 1. The van der Waals surface area contributed by atoms with Crippen LogP contribution in [0, 0.1) is 5.82 Å². The van der Waals surface area contributed by atoms with Crippen molar-refractivity contribution in [2.24, 2.45) is 0 Å². The molecule has 0 amide bonds. The molecule has 1 aromatic carbocycles. The lowest BCUT2D eigenvalue weighted by Crippen LogP contribution is -2.00. The molecule has 72 valence electrons. The predicted molar refractivity (Wildman–Crippen MR) is 52.1 cm³/mol. The second-order valence-electron chi connectivity index (χ2n) is 2.46. The van der Waals surface area contributed by atoms with E-state index in [0.717, 1.165) is 6.07 Å². The Balaban J connectivity index is 3.15. The Morgan fingerprint density at radius 2 is 1.92 bits per heavy atom. The first-order valence-electron chi connectivity index (χ1n) is 3.44. The average molecular weight is 243 g/mol. The van der Waals surface area contributed by atoms with E-state index in [1.165, 1.54) is 6.07 Å². The van der Waals surface area contributed by atoms with Gasteiger partial charge >= 0.3 is 0 Å². The van der Waals surface area contributed by atoms with Crippen molar-refractivity contribution in [1.29, 1.82) is 0 Å². The van der Waals surface area contributed by atoms with Gasteiger partial charge in [-0.1, -0.05) is 23.2 Å². The van der Waals surface area contributed by atoms with Crippen LogP contribution in [0.5, 0.6) is 0 Å². The maximum atomic E-state index is 12.9. The van der Waals surface area contributed by atoms with Crippen LogP contribution in [0.25, 0.3) is 0 Å². The molecule has 0 aromatic heterocycles. The highest BCUT2D eigenvalue weighted by Gasteiger charge is 2.13. The number of aliphatic hydroxyl groups is 1. The zero-order valence-electron chi connectivity index (χ0n) is 6.40. The summed E-state index contributed by atoms with van der Waals surface area (Å²) >= 11 is 16.6. The van der Waals surface area contributed by atoms with Gasteiger partial charge in [0.05, 0.1) is 17.0 Å². The molecule has 0 saturated carbocycles. The van der Waals surface area contributed by atoms with Crippen LogP contribution in [0.2, 0.25) is 10.0 Å². The first kappa shape index (κ1) is 11.1. The molecule has 1 aromatic rings. The Morgan fingerprint density at radius 1 is 1.31 bits per heavy atom. The van der Waals surface area contributed by atoms with Crippen LogP contribution in [0.15, 0.2) is 12.1 Å². The molecular formula is C8H6Cl3FO. The fourth-order valence-corrected chi connectivity index (χ4v) is 1.55. The molecule has 0 bridgehead atoms. The van der Waals surface area contributed by atoms with Gasteiger partial charge in [0, 0.05) is 10.6 Å². The minimum atomic E-state index is -0.971. The first-order chi connectivity index (χ1) is 6.06. The molecule has 5 heteroatoms. The van der Waals surface area contributed by atoms with Crippen LogP contribution >= 0.6 is 34.8 Å². The molecule has 1 nitrogen and oxygen atoms in total. The van der Waals surface area contributed by atoms with Crippen molar-refractivity contribution in [3.05, 3.63) is 33.6 Å². The summed E-state index contributed by atoms with van der Waals surface area (Å²) in [7, 11) is 0. The number of rotatable bonds is 2. The van der Waals surface area contributed by atoms with Gasteiger partial charge in [-0.2, -0.15) is 0 Å².